The Kier molecular flexibility index (Phi) is 8.84. The second-order valence-electron chi connectivity index (χ2n) is 7.47. The number of piperidine rings is 1. The number of nitrogens with one attached hydrogen (secondary N) is 1. The number of hydrogen-bond acceptors (Lipinski definition) is 3. The summed E-state index contributed by atoms with van der Waals surface area (Å²) in [6, 6.07) is 0.0141. The zero-order valence-corrected chi connectivity index (χ0v) is 15.8. The molecular formula is C17H33ClN4O2. The number of hydrogen-bond donors (Lipinski definition) is 2. The minimum Gasteiger partial charge on any atom is -0.342 e. The third kappa shape index (κ3) is 6.13. The van der Waals surface area contributed by atoms with Crippen LogP contribution in [0, 0.1) is 17.8 Å². The van der Waals surface area contributed by atoms with Gasteiger partial charge in [0.1, 0.15) is 0 Å². The average Bonchev–Trinajstić information content (AvgIpc) is 3.02. The zero-order chi connectivity index (χ0) is 16.8. The number of halogens is 1. The quantitative estimate of drug-likeness (QED) is 0.783. The molecule has 2 rings (SSSR count). The molecule has 0 saturated carbocycles. The van der Waals surface area contributed by atoms with E-state index < -0.39 is 0 Å². The van der Waals surface area contributed by atoms with E-state index in [1.54, 1.807) is 0 Å². The molecule has 3 N–H and O–H groups in total. The van der Waals surface area contributed by atoms with Crippen LogP contribution in [0.5, 0.6) is 0 Å². The van der Waals surface area contributed by atoms with Crippen LogP contribution < -0.4 is 11.1 Å². The second-order valence-corrected chi connectivity index (χ2v) is 7.47. The number of nitrogens with two attached hydrogens (primary N) is 1. The van der Waals surface area contributed by atoms with Crippen molar-refractivity contribution in [2.75, 3.05) is 39.3 Å². The second kappa shape index (κ2) is 10.1. The van der Waals surface area contributed by atoms with E-state index in [0.717, 1.165) is 38.9 Å². The van der Waals surface area contributed by atoms with Crippen LogP contribution in [0.4, 0.5) is 4.79 Å². The molecule has 2 aliphatic heterocycles. The monoisotopic (exact) mass is 360 g/mol. The Morgan fingerprint density at radius 2 is 1.83 bits per heavy atom. The number of urea groups is 1. The van der Waals surface area contributed by atoms with E-state index in [1.165, 1.54) is 0 Å². The molecule has 0 aromatic heterocycles. The van der Waals surface area contributed by atoms with Crippen molar-refractivity contribution in [2.45, 2.75) is 39.5 Å². The van der Waals surface area contributed by atoms with Crippen LogP contribution in [0.1, 0.15) is 39.5 Å². The normalized spacial score (nSPS) is 24.0. The predicted octanol–water partition coefficient (Wildman–Crippen LogP) is 1.68. The first kappa shape index (κ1) is 21.0. The summed E-state index contributed by atoms with van der Waals surface area (Å²) in [6.45, 7) is 8.68. The van der Waals surface area contributed by atoms with Crippen molar-refractivity contribution >= 4 is 24.3 Å². The Labute approximate surface area is 151 Å². The zero-order valence-electron chi connectivity index (χ0n) is 15.0. The number of carbonyl (C=O) groups is 2. The van der Waals surface area contributed by atoms with Gasteiger partial charge in [0.2, 0.25) is 5.91 Å². The van der Waals surface area contributed by atoms with E-state index in [9.17, 15) is 9.59 Å². The summed E-state index contributed by atoms with van der Waals surface area (Å²) >= 11 is 0. The first-order valence-corrected chi connectivity index (χ1v) is 9.00. The van der Waals surface area contributed by atoms with E-state index in [4.69, 9.17) is 5.73 Å². The maximum atomic E-state index is 12.4. The molecule has 0 bridgehead atoms. The molecule has 2 saturated heterocycles. The highest BCUT2D eigenvalue weighted by Gasteiger charge is 2.29. The van der Waals surface area contributed by atoms with E-state index >= 15 is 0 Å². The minimum atomic E-state index is 0. The molecule has 2 aliphatic rings. The van der Waals surface area contributed by atoms with E-state index in [0.29, 0.717) is 37.9 Å². The van der Waals surface area contributed by atoms with Crippen LogP contribution in [0.3, 0.4) is 0 Å². The maximum Gasteiger partial charge on any atom is 0.317 e. The molecule has 2 heterocycles. The lowest BCUT2D eigenvalue weighted by molar-refractivity contribution is -0.131. The van der Waals surface area contributed by atoms with Gasteiger partial charge in [0.25, 0.3) is 0 Å². The molecular weight excluding hydrogens is 328 g/mol. The smallest absolute Gasteiger partial charge is 0.317 e. The number of amides is 3. The summed E-state index contributed by atoms with van der Waals surface area (Å²) in [5.41, 5.74) is 5.69. The van der Waals surface area contributed by atoms with Crippen LogP contribution in [0.15, 0.2) is 0 Å². The average molecular weight is 361 g/mol. The first-order chi connectivity index (χ1) is 11.0. The fraction of sp³-hybridized carbons (Fsp3) is 0.882. The Hall–Kier alpha value is -1.01. The van der Waals surface area contributed by atoms with Gasteiger partial charge in [-0.25, -0.2) is 4.79 Å². The van der Waals surface area contributed by atoms with Crippen molar-refractivity contribution in [1.29, 1.82) is 0 Å². The molecule has 0 spiro atoms. The van der Waals surface area contributed by atoms with Gasteiger partial charge in [-0.2, -0.15) is 0 Å². The van der Waals surface area contributed by atoms with Crippen molar-refractivity contribution in [3.8, 4) is 0 Å². The van der Waals surface area contributed by atoms with Crippen LogP contribution in [-0.2, 0) is 4.79 Å². The van der Waals surface area contributed by atoms with Crippen molar-refractivity contribution in [1.82, 2.24) is 15.1 Å². The summed E-state index contributed by atoms with van der Waals surface area (Å²) in [4.78, 5) is 28.4. The number of nitrogens with zero attached hydrogens (tertiary/aromatic N) is 2. The SMILES string of the molecule is CC(C)CNC(=O)N1CCCC(CC(=O)N2CCC(CN)C2)C1.Cl. The number of rotatable bonds is 5. The molecule has 0 radical (unpaired) electrons. The Morgan fingerprint density at radius 1 is 1.12 bits per heavy atom. The van der Waals surface area contributed by atoms with Gasteiger partial charge < -0.3 is 20.9 Å². The van der Waals surface area contributed by atoms with Crippen LogP contribution in [0.25, 0.3) is 0 Å². The highest BCUT2D eigenvalue weighted by atomic mass is 35.5. The van der Waals surface area contributed by atoms with Gasteiger partial charge in [-0.1, -0.05) is 13.8 Å². The molecule has 0 aliphatic carbocycles. The first-order valence-electron chi connectivity index (χ1n) is 9.00. The summed E-state index contributed by atoms with van der Waals surface area (Å²) < 4.78 is 0. The van der Waals surface area contributed by atoms with Crippen LogP contribution in [0.2, 0.25) is 0 Å². The van der Waals surface area contributed by atoms with Crippen molar-refractivity contribution in [2.24, 2.45) is 23.5 Å². The summed E-state index contributed by atoms with van der Waals surface area (Å²) in [5.74, 6) is 1.43. The summed E-state index contributed by atoms with van der Waals surface area (Å²) in [7, 11) is 0. The molecule has 7 heteroatoms. The molecule has 140 valence electrons. The van der Waals surface area contributed by atoms with Gasteiger partial charge >= 0.3 is 6.03 Å². The van der Waals surface area contributed by atoms with E-state index in [-0.39, 0.29) is 30.3 Å². The Balaban J connectivity index is 0.00000288. The molecule has 24 heavy (non-hydrogen) atoms. The maximum absolute atomic E-state index is 12.4. The molecule has 2 fully saturated rings. The van der Waals surface area contributed by atoms with E-state index in [1.807, 2.05) is 9.80 Å². The Morgan fingerprint density at radius 3 is 2.46 bits per heavy atom. The fourth-order valence-corrected chi connectivity index (χ4v) is 3.45. The lowest BCUT2D eigenvalue weighted by Gasteiger charge is -2.33. The largest absolute Gasteiger partial charge is 0.342 e. The number of carbonyl (C=O) groups excluding carboxylic acids is 2. The highest BCUT2D eigenvalue weighted by molar-refractivity contribution is 5.85. The molecule has 2 atom stereocenters. The standard InChI is InChI=1S/C17H32N4O2.ClH/c1-13(2)10-19-17(23)21-6-3-4-14(11-21)8-16(22)20-7-5-15(9-18)12-20;/h13-15H,3-12,18H2,1-2H3,(H,19,23);1H. The van der Waals surface area contributed by atoms with Crippen LogP contribution >= 0.6 is 12.4 Å². The molecule has 2 unspecified atom stereocenters. The lowest BCUT2D eigenvalue weighted by Crippen LogP contribution is -2.47. The summed E-state index contributed by atoms with van der Waals surface area (Å²) in [5, 5.41) is 2.97. The highest BCUT2D eigenvalue weighted by Crippen LogP contribution is 2.23. The van der Waals surface area contributed by atoms with Crippen molar-refractivity contribution in [3.63, 3.8) is 0 Å². The third-order valence-corrected chi connectivity index (χ3v) is 4.90. The predicted molar refractivity (Wildman–Crippen MR) is 98.1 cm³/mol. The van der Waals surface area contributed by atoms with Gasteiger partial charge in [0.15, 0.2) is 0 Å². The third-order valence-electron chi connectivity index (χ3n) is 4.90. The Bertz CT molecular complexity index is 419. The van der Waals surface area contributed by atoms with E-state index in [2.05, 4.69) is 19.2 Å². The molecule has 6 nitrogen and oxygen atoms in total. The van der Waals surface area contributed by atoms with Gasteiger partial charge in [-0.05, 0) is 43.6 Å². The lowest BCUT2D eigenvalue weighted by atomic mass is 9.94. The molecule has 0 aromatic rings. The van der Waals surface area contributed by atoms with Gasteiger partial charge in [-0.3, -0.25) is 4.79 Å². The van der Waals surface area contributed by atoms with Crippen molar-refractivity contribution < 1.29 is 9.59 Å². The van der Waals surface area contributed by atoms with Crippen molar-refractivity contribution in [3.05, 3.63) is 0 Å². The van der Waals surface area contributed by atoms with Gasteiger partial charge in [-0.15, -0.1) is 12.4 Å². The van der Waals surface area contributed by atoms with Crippen LogP contribution in [-0.4, -0.2) is 61.0 Å². The minimum absolute atomic E-state index is 0. The van der Waals surface area contributed by atoms with Gasteiger partial charge in [0, 0.05) is 39.1 Å². The fourth-order valence-electron chi connectivity index (χ4n) is 3.45. The topological polar surface area (TPSA) is 78.7 Å². The number of likely N-dealkylation sites (tertiary alicyclic amines) is 2. The molecule has 0 aromatic carbocycles. The summed E-state index contributed by atoms with van der Waals surface area (Å²) in [6.07, 6.45) is 3.61. The van der Waals surface area contributed by atoms with Gasteiger partial charge in [0.05, 0.1) is 0 Å². The molecule has 3 amide bonds.